The zero-order valence-corrected chi connectivity index (χ0v) is 9.42. The number of rotatable bonds is 4. The van der Waals surface area contributed by atoms with Crippen LogP contribution in [0.4, 0.5) is 4.39 Å². The average molecular weight is 257 g/mol. The van der Waals surface area contributed by atoms with Crippen LogP contribution in [0.2, 0.25) is 0 Å². The number of aromatic hydroxyl groups is 1. The number of carbonyl (C=O) groups is 2. The van der Waals surface area contributed by atoms with Crippen LogP contribution >= 0.6 is 0 Å². The van der Waals surface area contributed by atoms with Crippen LogP contribution in [0.5, 0.6) is 5.75 Å². The molecule has 0 saturated heterocycles. The minimum absolute atomic E-state index is 0.609. The van der Waals surface area contributed by atoms with E-state index in [1.807, 2.05) is 5.32 Å². The fraction of sp³-hybridized carbons (Fsp3) is 0.273. The van der Waals surface area contributed by atoms with Crippen molar-refractivity contribution in [2.75, 3.05) is 0 Å². The lowest BCUT2D eigenvalue weighted by molar-refractivity contribution is -0.141. The van der Waals surface area contributed by atoms with Crippen molar-refractivity contribution in [1.82, 2.24) is 5.32 Å². The SMILES string of the molecule is C[C@@H](O)[C@H](NC(=O)c1c(O)cccc1F)C(=O)O. The van der Waals surface area contributed by atoms with E-state index >= 15 is 0 Å². The molecule has 7 heteroatoms. The van der Waals surface area contributed by atoms with E-state index in [0.29, 0.717) is 0 Å². The first-order chi connectivity index (χ1) is 8.34. The van der Waals surface area contributed by atoms with E-state index in [-0.39, 0.29) is 0 Å². The fourth-order valence-electron chi connectivity index (χ4n) is 1.34. The molecule has 1 rings (SSSR count). The normalized spacial score (nSPS) is 13.7. The predicted octanol–water partition coefficient (Wildman–Crippen LogP) is 0.0951. The van der Waals surface area contributed by atoms with Crippen molar-refractivity contribution in [2.24, 2.45) is 0 Å². The molecule has 0 saturated carbocycles. The number of aliphatic hydroxyl groups is 1. The second kappa shape index (κ2) is 5.46. The third kappa shape index (κ3) is 2.95. The minimum atomic E-state index is -1.59. The summed E-state index contributed by atoms with van der Waals surface area (Å²) < 4.78 is 13.3. The zero-order valence-electron chi connectivity index (χ0n) is 9.42. The Morgan fingerprint density at radius 3 is 2.44 bits per heavy atom. The largest absolute Gasteiger partial charge is 0.507 e. The molecule has 1 amide bonds. The lowest BCUT2D eigenvalue weighted by atomic mass is 10.1. The molecule has 0 fully saturated rings. The van der Waals surface area contributed by atoms with Crippen LogP contribution in [-0.4, -0.2) is 39.3 Å². The fourth-order valence-corrected chi connectivity index (χ4v) is 1.34. The highest BCUT2D eigenvalue weighted by Crippen LogP contribution is 2.19. The van der Waals surface area contributed by atoms with Gasteiger partial charge in [-0.15, -0.1) is 0 Å². The Hall–Kier alpha value is -2.15. The van der Waals surface area contributed by atoms with Gasteiger partial charge in [0.25, 0.3) is 5.91 Å². The zero-order chi connectivity index (χ0) is 13.9. The molecule has 1 aromatic rings. The first-order valence-corrected chi connectivity index (χ1v) is 5.03. The van der Waals surface area contributed by atoms with Gasteiger partial charge in [0, 0.05) is 0 Å². The molecular formula is C11H12FNO5. The van der Waals surface area contributed by atoms with Crippen molar-refractivity contribution in [3.8, 4) is 5.75 Å². The maximum Gasteiger partial charge on any atom is 0.328 e. The Bertz CT molecular complexity index is 454. The Labute approximate surface area is 102 Å². The van der Waals surface area contributed by atoms with E-state index in [4.69, 9.17) is 10.2 Å². The Balaban J connectivity index is 2.98. The number of hydrogen-bond donors (Lipinski definition) is 4. The van der Waals surface area contributed by atoms with Crippen molar-refractivity contribution >= 4 is 11.9 Å². The van der Waals surface area contributed by atoms with Gasteiger partial charge in [0.05, 0.1) is 6.10 Å². The number of phenols is 1. The van der Waals surface area contributed by atoms with Gasteiger partial charge in [0.2, 0.25) is 0 Å². The van der Waals surface area contributed by atoms with Crippen LogP contribution in [0, 0.1) is 5.82 Å². The highest BCUT2D eigenvalue weighted by atomic mass is 19.1. The van der Waals surface area contributed by atoms with Gasteiger partial charge in [0.15, 0.2) is 6.04 Å². The molecule has 0 spiro atoms. The molecular weight excluding hydrogens is 245 g/mol. The van der Waals surface area contributed by atoms with Crippen molar-refractivity contribution in [3.63, 3.8) is 0 Å². The summed E-state index contributed by atoms with van der Waals surface area (Å²) >= 11 is 0. The molecule has 0 aromatic heterocycles. The summed E-state index contributed by atoms with van der Waals surface area (Å²) in [6, 6.07) is 1.66. The van der Waals surface area contributed by atoms with Crippen molar-refractivity contribution in [3.05, 3.63) is 29.6 Å². The van der Waals surface area contributed by atoms with Gasteiger partial charge in [-0.3, -0.25) is 4.79 Å². The van der Waals surface area contributed by atoms with Crippen LogP contribution in [0.25, 0.3) is 0 Å². The molecule has 0 radical (unpaired) electrons. The maximum absolute atomic E-state index is 13.3. The summed E-state index contributed by atoms with van der Waals surface area (Å²) in [5.74, 6) is -4.17. The molecule has 0 heterocycles. The van der Waals surface area contributed by atoms with Gasteiger partial charge in [-0.05, 0) is 19.1 Å². The second-order valence-corrected chi connectivity index (χ2v) is 3.66. The number of amides is 1. The van der Waals surface area contributed by atoms with Gasteiger partial charge in [-0.1, -0.05) is 6.07 Å². The lowest BCUT2D eigenvalue weighted by Gasteiger charge is -2.17. The van der Waals surface area contributed by atoms with Gasteiger partial charge in [0.1, 0.15) is 17.1 Å². The van der Waals surface area contributed by atoms with Crippen LogP contribution in [0.3, 0.4) is 0 Å². The summed E-state index contributed by atoms with van der Waals surface area (Å²) in [6.45, 7) is 1.17. The van der Waals surface area contributed by atoms with Crippen LogP contribution in [0.1, 0.15) is 17.3 Å². The smallest absolute Gasteiger partial charge is 0.328 e. The van der Waals surface area contributed by atoms with E-state index in [1.165, 1.54) is 13.0 Å². The number of hydrogen-bond acceptors (Lipinski definition) is 4. The third-order valence-electron chi connectivity index (χ3n) is 2.25. The van der Waals surface area contributed by atoms with Gasteiger partial charge < -0.3 is 20.6 Å². The predicted molar refractivity (Wildman–Crippen MR) is 58.6 cm³/mol. The number of aliphatic hydroxyl groups excluding tert-OH is 1. The summed E-state index contributed by atoms with van der Waals surface area (Å²) in [7, 11) is 0. The number of nitrogens with one attached hydrogen (secondary N) is 1. The molecule has 98 valence electrons. The van der Waals surface area contributed by atoms with Crippen molar-refractivity contribution in [2.45, 2.75) is 19.1 Å². The van der Waals surface area contributed by atoms with E-state index < -0.39 is 41.2 Å². The minimum Gasteiger partial charge on any atom is -0.507 e. The molecule has 0 aliphatic rings. The Morgan fingerprint density at radius 1 is 1.39 bits per heavy atom. The van der Waals surface area contributed by atoms with E-state index in [1.54, 1.807) is 0 Å². The molecule has 0 aliphatic carbocycles. The molecule has 6 nitrogen and oxygen atoms in total. The monoisotopic (exact) mass is 257 g/mol. The molecule has 0 unspecified atom stereocenters. The Morgan fingerprint density at radius 2 is 2.00 bits per heavy atom. The van der Waals surface area contributed by atoms with Crippen molar-refractivity contribution in [1.29, 1.82) is 0 Å². The number of benzene rings is 1. The summed E-state index contributed by atoms with van der Waals surface area (Å²) in [5, 5.41) is 29.2. The first-order valence-electron chi connectivity index (χ1n) is 5.03. The molecule has 18 heavy (non-hydrogen) atoms. The standard InChI is InChI=1S/C11H12FNO5/c1-5(14)9(11(17)18)13-10(16)8-6(12)3-2-4-7(8)15/h2-5,9,14-15H,1H3,(H,13,16)(H,17,18)/t5-,9+/m1/s1. The molecule has 1 aromatic carbocycles. The van der Waals surface area contributed by atoms with Crippen LogP contribution in [-0.2, 0) is 4.79 Å². The second-order valence-electron chi connectivity index (χ2n) is 3.66. The quantitative estimate of drug-likeness (QED) is 0.611. The molecule has 0 bridgehead atoms. The number of halogens is 1. The molecule has 2 atom stereocenters. The number of carbonyl (C=O) groups excluding carboxylic acids is 1. The van der Waals surface area contributed by atoms with Gasteiger partial charge in [-0.2, -0.15) is 0 Å². The van der Waals surface area contributed by atoms with E-state index in [2.05, 4.69) is 0 Å². The summed E-state index contributed by atoms with van der Waals surface area (Å²) in [4.78, 5) is 22.4. The number of phenolic OH excluding ortho intramolecular Hbond substituents is 1. The topological polar surface area (TPSA) is 107 Å². The number of aliphatic carboxylic acids is 1. The third-order valence-corrected chi connectivity index (χ3v) is 2.25. The molecule has 4 N–H and O–H groups in total. The van der Waals surface area contributed by atoms with Crippen molar-refractivity contribution < 1.29 is 29.3 Å². The highest BCUT2D eigenvalue weighted by Gasteiger charge is 2.27. The maximum atomic E-state index is 13.3. The van der Waals surface area contributed by atoms with Gasteiger partial charge in [-0.25, -0.2) is 9.18 Å². The van der Waals surface area contributed by atoms with E-state index in [0.717, 1.165) is 12.1 Å². The molecule has 0 aliphatic heterocycles. The summed E-state index contributed by atoms with van der Waals surface area (Å²) in [5.41, 5.74) is -0.663. The highest BCUT2D eigenvalue weighted by molar-refractivity contribution is 5.99. The number of carboxylic acid groups (broad SMARTS) is 1. The van der Waals surface area contributed by atoms with Crippen LogP contribution in [0.15, 0.2) is 18.2 Å². The Kier molecular flexibility index (Phi) is 4.22. The number of carboxylic acids is 1. The van der Waals surface area contributed by atoms with Gasteiger partial charge >= 0.3 is 5.97 Å². The average Bonchev–Trinajstić information content (AvgIpc) is 2.24. The van der Waals surface area contributed by atoms with Crippen LogP contribution < -0.4 is 5.32 Å². The van der Waals surface area contributed by atoms with E-state index in [9.17, 15) is 19.1 Å². The summed E-state index contributed by atoms with van der Waals surface area (Å²) in [6.07, 6.45) is -1.36. The lowest BCUT2D eigenvalue weighted by Crippen LogP contribution is -2.47. The first kappa shape index (κ1) is 13.9.